The maximum atomic E-state index is 13.0. The maximum absolute atomic E-state index is 13.0. The number of hydrogen-bond acceptors (Lipinski definition) is 7. The molecular weight excluding hydrogens is 494 g/mol. The first-order valence-electron chi connectivity index (χ1n) is 14.9. The van der Waals surface area contributed by atoms with Crippen molar-refractivity contribution in [2.24, 2.45) is 51.7 Å². The van der Waals surface area contributed by atoms with Crippen LogP contribution in [-0.2, 0) is 14.3 Å². The zero-order valence-electron chi connectivity index (χ0n) is 24.3. The van der Waals surface area contributed by atoms with Gasteiger partial charge >= 0.3 is 11.9 Å². The van der Waals surface area contributed by atoms with Gasteiger partial charge in [0, 0.05) is 30.1 Å². The van der Waals surface area contributed by atoms with Crippen molar-refractivity contribution in [1.29, 1.82) is 0 Å². The molecule has 0 saturated heterocycles. The monoisotopic (exact) mass is 543 g/mol. The molecule has 0 aromatic heterocycles. The number of fused-ring (bicyclic) bond motifs is 5. The van der Waals surface area contributed by atoms with Gasteiger partial charge in [-0.25, -0.2) is 4.79 Å². The van der Waals surface area contributed by atoms with E-state index in [1.54, 1.807) is 0 Å². The number of nitrogens with two attached hydrogens (primary N) is 3. The Kier molecular flexibility index (Phi) is 7.14. The Morgan fingerprint density at radius 1 is 1.05 bits per heavy atom. The van der Waals surface area contributed by atoms with Crippen LogP contribution in [0.4, 0.5) is 0 Å². The fourth-order valence-electron chi connectivity index (χ4n) is 10.4. The SMILES string of the molecule is CC(=O)O[C@H]1C[C@@]2(C)[C@@H](C[C@H](N)[C@H]3[C@@]4(C)CC[C@@H](O)[C@@H](N)[C@@H]4CC[C@@]32N)/C1=C(/C(=O)O)C1CCC(=C(C)C)C1. The first-order valence-corrected chi connectivity index (χ1v) is 14.9. The zero-order chi connectivity index (χ0) is 28.7. The lowest BCUT2D eigenvalue weighted by Gasteiger charge is -2.68. The molecule has 5 rings (SSSR count). The van der Waals surface area contributed by atoms with Crippen LogP contribution in [0, 0.1) is 34.5 Å². The van der Waals surface area contributed by atoms with E-state index in [0.717, 1.165) is 37.7 Å². The van der Waals surface area contributed by atoms with Crippen LogP contribution in [0.3, 0.4) is 0 Å². The third-order valence-electron chi connectivity index (χ3n) is 12.2. The lowest BCUT2D eigenvalue weighted by atomic mass is 9.39. The Balaban J connectivity index is 1.63. The molecule has 0 bridgehead atoms. The van der Waals surface area contributed by atoms with Crippen LogP contribution in [0.5, 0.6) is 0 Å². The first-order chi connectivity index (χ1) is 18.2. The summed E-state index contributed by atoms with van der Waals surface area (Å²) < 4.78 is 5.95. The molecule has 5 saturated carbocycles. The Morgan fingerprint density at radius 3 is 2.33 bits per heavy atom. The van der Waals surface area contributed by atoms with E-state index in [4.69, 9.17) is 21.9 Å². The highest BCUT2D eigenvalue weighted by Gasteiger charge is 2.71. The van der Waals surface area contributed by atoms with Crippen LogP contribution in [0.2, 0.25) is 0 Å². The van der Waals surface area contributed by atoms with Gasteiger partial charge in [0.2, 0.25) is 0 Å². The largest absolute Gasteiger partial charge is 0.478 e. The summed E-state index contributed by atoms with van der Waals surface area (Å²) in [6.45, 7) is 10.0. The predicted octanol–water partition coefficient (Wildman–Crippen LogP) is 3.41. The van der Waals surface area contributed by atoms with Crippen molar-refractivity contribution >= 4 is 11.9 Å². The highest BCUT2D eigenvalue weighted by Crippen LogP contribution is 2.69. The van der Waals surface area contributed by atoms with E-state index >= 15 is 0 Å². The van der Waals surface area contributed by atoms with E-state index in [0.29, 0.717) is 31.3 Å². The van der Waals surface area contributed by atoms with Gasteiger partial charge in [0.25, 0.3) is 0 Å². The number of hydrogen-bond donors (Lipinski definition) is 5. The van der Waals surface area contributed by atoms with Crippen molar-refractivity contribution < 1.29 is 24.5 Å². The van der Waals surface area contributed by atoms with Crippen molar-refractivity contribution in [1.82, 2.24) is 0 Å². The number of aliphatic carboxylic acids is 1. The summed E-state index contributed by atoms with van der Waals surface area (Å²) in [6.07, 6.45) is 5.32. The molecule has 0 radical (unpaired) electrons. The van der Waals surface area contributed by atoms with Gasteiger partial charge in [0.15, 0.2) is 0 Å². The van der Waals surface area contributed by atoms with Crippen LogP contribution in [0.15, 0.2) is 22.3 Å². The number of esters is 1. The minimum absolute atomic E-state index is 0.0297. The minimum atomic E-state index is -0.920. The predicted molar refractivity (Wildman–Crippen MR) is 149 cm³/mol. The van der Waals surface area contributed by atoms with E-state index < -0.39 is 35.1 Å². The third kappa shape index (κ3) is 4.15. The van der Waals surface area contributed by atoms with Crippen molar-refractivity contribution in [3.8, 4) is 0 Å². The molecule has 0 aromatic carbocycles. The average molecular weight is 544 g/mol. The molecule has 0 aromatic rings. The number of carbonyl (C=O) groups is 2. The molecular formula is C31H49N3O5. The summed E-state index contributed by atoms with van der Waals surface area (Å²) in [5.41, 5.74) is 23.6. The van der Waals surface area contributed by atoms with Gasteiger partial charge < -0.3 is 32.2 Å². The first kappa shape index (κ1) is 28.8. The number of rotatable bonds is 3. The molecule has 8 nitrogen and oxygen atoms in total. The second-order valence-electron chi connectivity index (χ2n) is 14.2. The Hall–Kier alpha value is -1.74. The van der Waals surface area contributed by atoms with E-state index in [2.05, 4.69) is 27.7 Å². The van der Waals surface area contributed by atoms with Crippen molar-refractivity contribution in [3.05, 3.63) is 22.3 Å². The van der Waals surface area contributed by atoms with Crippen LogP contribution < -0.4 is 17.2 Å². The van der Waals surface area contributed by atoms with Gasteiger partial charge in [-0.15, -0.1) is 0 Å². The lowest BCUT2D eigenvalue weighted by Crippen LogP contribution is -2.76. The quantitative estimate of drug-likeness (QED) is 0.205. The molecule has 5 aliphatic carbocycles. The van der Waals surface area contributed by atoms with E-state index in [1.165, 1.54) is 18.1 Å². The van der Waals surface area contributed by atoms with Crippen LogP contribution in [0.1, 0.15) is 92.4 Å². The number of carboxylic acid groups (broad SMARTS) is 1. The molecule has 1 unspecified atom stereocenters. The standard InChI is InChI=1S/C31H49N3O5/c1-15(2)17-6-7-18(12-17)24(28(37)38)25-20-13-21(32)27-29(4)10-9-22(36)26(33)19(29)8-11-31(27,34)30(20,5)14-23(25)39-16(3)35/h18-23,26-27,36H,6-14,32-34H2,1-5H3,(H,37,38)/b25-24-/t18?,19-,20-,21-,22+,23-,26-,27-,29-,30-,31+/m0/s1. The normalized spacial score (nSPS) is 48.6. The lowest BCUT2D eigenvalue weighted by molar-refractivity contribution is -0.160. The second kappa shape index (κ2) is 9.68. The second-order valence-corrected chi connectivity index (χ2v) is 14.2. The van der Waals surface area contributed by atoms with Crippen LogP contribution in [-0.4, -0.2) is 52.0 Å². The maximum Gasteiger partial charge on any atom is 0.331 e. The van der Waals surface area contributed by atoms with E-state index in [1.807, 2.05) is 0 Å². The molecule has 5 aliphatic rings. The molecule has 0 amide bonds. The summed E-state index contributed by atoms with van der Waals surface area (Å²) in [7, 11) is 0. The molecule has 8 heteroatoms. The average Bonchev–Trinajstić information content (AvgIpc) is 3.41. The van der Waals surface area contributed by atoms with Gasteiger partial charge in [0.05, 0.1) is 6.10 Å². The van der Waals surface area contributed by atoms with Crippen molar-refractivity contribution in [2.75, 3.05) is 0 Å². The molecule has 218 valence electrons. The molecule has 5 fully saturated rings. The van der Waals surface area contributed by atoms with E-state index in [9.17, 15) is 19.8 Å². The minimum Gasteiger partial charge on any atom is -0.478 e. The van der Waals surface area contributed by atoms with E-state index in [-0.39, 0.29) is 41.2 Å². The molecule has 11 atom stereocenters. The summed E-state index contributed by atoms with van der Waals surface area (Å²) >= 11 is 0. The highest BCUT2D eigenvalue weighted by atomic mass is 16.5. The molecule has 0 aliphatic heterocycles. The van der Waals surface area contributed by atoms with Gasteiger partial charge in [-0.2, -0.15) is 0 Å². The van der Waals surface area contributed by atoms with Gasteiger partial charge in [-0.3, -0.25) is 4.79 Å². The summed E-state index contributed by atoms with van der Waals surface area (Å²) in [4.78, 5) is 25.3. The number of aliphatic hydroxyl groups excluding tert-OH is 1. The number of carboxylic acids is 1. The number of allylic oxidation sites excluding steroid dienone is 2. The number of aliphatic hydroxyl groups is 1. The molecule has 8 N–H and O–H groups in total. The van der Waals surface area contributed by atoms with Crippen LogP contribution >= 0.6 is 0 Å². The van der Waals surface area contributed by atoms with Crippen molar-refractivity contribution in [2.45, 2.75) is 122 Å². The topological polar surface area (TPSA) is 162 Å². The Bertz CT molecular complexity index is 1110. The summed E-state index contributed by atoms with van der Waals surface area (Å²) in [5, 5.41) is 21.2. The highest BCUT2D eigenvalue weighted by molar-refractivity contribution is 5.89. The zero-order valence-corrected chi connectivity index (χ0v) is 24.3. The van der Waals surface area contributed by atoms with Crippen molar-refractivity contribution in [3.63, 3.8) is 0 Å². The van der Waals surface area contributed by atoms with Gasteiger partial charge in [-0.05, 0) is 112 Å². The van der Waals surface area contributed by atoms with Crippen LogP contribution in [0.25, 0.3) is 0 Å². The Labute approximate surface area is 232 Å². The molecule has 39 heavy (non-hydrogen) atoms. The Morgan fingerprint density at radius 2 is 1.74 bits per heavy atom. The number of carbonyl (C=O) groups excluding carboxylic acids is 1. The smallest absolute Gasteiger partial charge is 0.331 e. The summed E-state index contributed by atoms with van der Waals surface area (Å²) in [6, 6.07) is -0.550. The summed E-state index contributed by atoms with van der Waals surface area (Å²) in [5.74, 6) is -1.52. The fraction of sp³-hybridized carbons (Fsp3) is 0.806. The fourth-order valence-corrected chi connectivity index (χ4v) is 10.4. The third-order valence-corrected chi connectivity index (χ3v) is 12.2. The van der Waals surface area contributed by atoms with Gasteiger partial charge in [-0.1, -0.05) is 25.0 Å². The molecule has 0 spiro atoms. The van der Waals surface area contributed by atoms with Gasteiger partial charge in [0.1, 0.15) is 6.10 Å². The number of ether oxygens (including phenoxy) is 1. The molecule has 0 heterocycles.